The van der Waals surface area contributed by atoms with E-state index in [-0.39, 0.29) is 17.5 Å². The van der Waals surface area contributed by atoms with Crippen LogP contribution in [0.5, 0.6) is 0 Å². The summed E-state index contributed by atoms with van der Waals surface area (Å²) in [6.07, 6.45) is -1.37. The van der Waals surface area contributed by atoms with Gasteiger partial charge in [-0.15, -0.1) is 0 Å². The molecule has 0 bridgehead atoms. The van der Waals surface area contributed by atoms with Crippen LogP contribution in [-0.2, 0) is 19.1 Å². The van der Waals surface area contributed by atoms with Gasteiger partial charge in [0, 0.05) is 12.1 Å². The molecule has 0 heterocycles. The Morgan fingerprint density at radius 3 is 1.75 bits per heavy atom. The lowest BCUT2D eigenvalue weighted by Crippen LogP contribution is -2.30. The van der Waals surface area contributed by atoms with Gasteiger partial charge in [-0.25, -0.2) is 17.6 Å². The van der Waals surface area contributed by atoms with E-state index >= 15 is 0 Å². The highest BCUT2D eigenvalue weighted by molar-refractivity contribution is 5.80. The summed E-state index contributed by atoms with van der Waals surface area (Å²) in [6, 6.07) is 5.48. The largest absolute Gasteiger partial charge is 0.461 e. The zero-order chi connectivity index (χ0) is 24.2. The first-order chi connectivity index (χ1) is 14.8. The lowest BCUT2D eigenvalue weighted by molar-refractivity contribution is -0.163. The second-order valence-corrected chi connectivity index (χ2v) is 8.64. The number of halogens is 4. The molecule has 0 aliphatic rings. The summed E-state index contributed by atoms with van der Waals surface area (Å²) in [7, 11) is 0. The number of rotatable bonds is 7. The molecule has 0 saturated carbocycles. The van der Waals surface area contributed by atoms with E-state index in [2.05, 4.69) is 0 Å². The summed E-state index contributed by atoms with van der Waals surface area (Å²) in [5.41, 5.74) is -0.978. The minimum Gasteiger partial charge on any atom is -0.461 e. The summed E-state index contributed by atoms with van der Waals surface area (Å²) in [5, 5.41) is 0. The monoisotopic (exact) mass is 454 g/mol. The number of carbonyl (C=O) groups excluding carboxylic acids is 2. The van der Waals surface area contributed by atoms with E-state index in [0.717, 1.165) is 24.3 Å². The van der Waals surface area contributed by atoms with Crippen molar-refractivity contribution in [3.63, 3.8) is 0 Å². The molecule has 8 heteroatoms. The quantitative estimate of drug-likeness (QED) is 0.399. The number of hydrogen-bond acceptors (Lipinski definition) is 4. The Kier molecular flexibility index (Phi) is 8.04. The predicted molar refractivity (Wildman–Crippen MR) is 110 cm³/mol. The molecule has 0 aromatic heterocycles. The van der Waals surface area contributed by atoms with E-state index in [1.807, 2.05) is 0 Å². The molecule has 0 fully saturated rings. The van der Waals surface area contributed by atoms with Gasteiger partial charge < -0.3 is 9.47 Å². The Morgan fingerprint density at radius 1 is 0.875 bits per heavy atom. The maximum absolute atomic E-state index is 14.5. The average Bonchev–Trinajstić information content (AvgIpc) is 2.63. The summed E-state index contributed by atoms with van der Waals surface area (Å²) in [4.78, 5) is 24.6. The second kappa shape index (κ2) is 10.1. The molecule has 0 amide bonds. The highest BCUT2D eigenvalue weighted by Crippen LogP contribution is 2.34. The van der Waals surface area contributed by atoms with Gasteiger partial charge in [0.05, 0.1) is 18.3 Å². The van der Waals surface area contributed by atoms with E-state index < -0.39 is 58.7 Å². The van der Waals surface area contributed by atoms with Gasteiger partial charge >= 0.3 is 11.9 Å². The van der Waals surface area contributed by atoms with Crippen molar-refractivity contribution in [3.05, 3.63) is 70.8 Å². The molecule has 4 nitrogen and oxygen atoms in total. The molecular weight excluding hydrogens is 428 g/mol. The topological polar surface area (TPSA) is 52.6 Å². The van der Waals surface area contributed by atoms with Crippen molar-refractivity contribution in [1.29, 1.82) is 0 Å². The summed E-state index contributed by atoms with van der Waals surface area (Å²) >= 11 is 0. The molecular formula is C24H26F4O4. The molecule has 2 aromatic rings. The Labute approximate surface area is 184 Å². The maximum Gasteiger partial charge on any atom is 0.309 e. The van der Waals surface area contributed by atoms with Gasteiger partial charge in [-0.05, 0) is 51.0 Å². The highest BCUT2D eigenvalue weighted by atomic mass is 19.1. The minimum atomic E-state index is -1.19. The zero-order valence-corrected chi connectivity index (χ0v) is 18.5. The molecule has 0 radical (unpaired) electrons. The van der Waals surface area contributed by atoms with Crippen LogP contribution in [0.3, 0.4) is 0 Å². The van der Waals surface area contributed by atoms with Crippen LogP contribution >= 0.6 is 0 Å². The van der Waals surface area contributed by atoms with E-state index in [1.165, 1.54) is 13.8 Å². The first kappa shape index (κ1) is 25.4. The fourth-order valence-electron chi connectivity index (χ4n) is 3.26. The Balaban J connectivity index is 2.29. The molecule has 174 valence electrons. The fourth-order valence-corrected chi connectivity index (χ4v) is 3.26. The van der Waals surface area contributed by atoms with Crippen LogP contribution in [0.15, 0.2) is 36.4 Å². The van der Waals surface area contributed by atoms with Crippen molar-refractivity contribution in [3.8, 4) is 0 Å². The summed E-state index contributed by atoms with van der Waals surface area (Å²) < 4.78 is 66.5. The smallest absolute Gasteiger partial charge is 0.309 e. The van der Waals surface area contributed by atoms with Crippen LogP contribution in [0.1, 0.15) is 58.1 Å². The second-order valence-electron chi connectivity index (χ2n) is 8.64. The molecule has 32 heavy (non-hydrogen) atoms. The number of ether oxygens (including phenoxy) is 2. The van der Waals surface area contributed by atoms with Crippen molar-refractivity contribution < 1.29 is 36.6 Å². The molecule has 0 saturated heterocycles. The molecule has 0 unspecified atom stereocenters. The van der Waals surface area contributed by atoms with Crippen LogP contribution in [0.4, 0.5) is 17.6 Å². The van der Waals surface area contributed by atoms with Crippen LogP contribution < -0.4 is 0 Å². The first-order valence-electron chi connectivity index (χ1n) is 10.1. The van der Waals surface area contributed by atoms with Crippen LogP contribution in [0.2, 0.25) is 0 Å². The summed E-state index contributed by atoms with van der Waals surface area (Å²) in [6.45, 7) is 7.94. The molecule has 0 spiro atoms. The van der Waals surface area contributed by atoms with Gasteiger partial charge in [-0.3, -0.25) is 9.59 Å². The van der Waals surface area contributed by atoms with Gasteiger partial charge in [-0.2, -0.15) is 0 Å². The third-order valence-corrected chi connectivity index (χ3v) is 4.66. The van der Waals surface area contributed by atoms with E-state index in [9.17, 15) is 27.2 Å². The molecule has 2 rings (SSSR count). The van der Waals surface area contributed by atoms with Gasteiger partial charge in [0.15, 0.2) is 0 Å². The Morgan fingerprint density at radius 2 is 1.34 bits per heavy atom. The van der Waals surface area contributed by atoms with Gasteiger partial charge in [-0.1, -0.05) is 19.1 Å². The lowest BCUT2D eigenvalue weighted by Gasteiger charge is -2.27. The normalized spacial score (nSPS) is 13.6. The first-order valence-corrected chi connectivity index (χ1v) is 10.1. The Hall–Kier alpha value is -2.90. The van der Waals surface area contributed by atoms with E-state index in [4.69, 9.17) is 9.47 Å². The number of carbonyl (C=O) groups is 2. The van der Waals surface area contributed by atoms with Gasteiger partial charge in [0.2, 0.25) is 0 Å². The zero-order valence-electron chi connectivity index (χ0n) is 18.5. The molecule has 0 N–H and O–H groups in total. The minimum absolute atomic E-state index is 0.128. The molecule has 2 aromatic carbocycles. The molecule has 0 aliphatic carbocycles. The number of hydrogen-bond donors (Lipinski definition) is 0. The fraction of sp³-hybridized carbons (Fsp3) is 0.417. The highest BCUT2D eigenvalue weighted by Gasteiger charge is 2.32. The van der Waals surface area contributed by atoms with Crippen LogP contribution in [-0.4, -0.2) is 23.6 Å². The molecule has 0 aliphatic heterocycles. The SMILES string of the molecule is C[C@H](CC(=O)OC(C)(C)C)C(=O)O[C@@H](C)C(c1ccc(F)cc1F)c1ccc(F)cc1F. The lowest BCUT2D eigenvalue weighted by atomic mass is 9.86. The van der Waals surface area contributed by atoms with Crippen molar-refractivity contribution >= 4 is 11.9 Å². The molecule has 2 atom stereocenters. The van der Waals surface area contributed by atoms with Crippen molar-refractivity contribution in [2.24, 2.45) is 5.92 Å². The van der Waals surface area contributed by atoms with Crippen LogP contribution in [0, 0.1) is 29.2 Å². The third-order valence-electron chi connectivity index (χ3n) is 4.66. The third kappa shape index (κ3) is 6.80. The average molecular weight is 454 g/mol. The van der Waals surface area contributed by atoms with E-state index in [1.54, 1.807) is 20.8 Å². The van der Waals surface area contributed by atoms with E-state index in [0.29, 0.717) is 12.1 Å². The number of esters is 2. The van der Waals surface area contributed by atoms with Crippen LogP contribution in [0.25, 0.3) is 0 Å². The Bertz CT molecular complexity index is 933. The maximum atomic E-state index is 14.5. The van der Waals surface area contributed by atoms with Gasteiger partial charge in [0.25, 0.3) is 0 Å². The summed E-state index contributed by atoms with van der Waals surface area (Å²) in [5.74, 6) is -7.05. The van der Waals surface area contributed by atoms with Crippen molar-refractivity contribution in [1.82, 2.24) is 0 Å². The van der Waals surface area contributed by atoms with Gasteiger partial charge in [0.1, 0.15) is 35.0 Å². The van der Waals surface area contributed by atoms with Crippen molar-refractivity contribution in [2.45, 2.75) is 58.7 Å². The van der Waals surface area contributed by atoms with Crippen molar-refractivity contribution in [2.75, 3.05) is 0 Å². The number of benzene rings is 2. The standard InChI is InChI=1S/C24H26F4O4/c1-13(10-21(29)32-24(3,4)5)23(30)31-14(2)22(17-8-6-15(25)11-19(17)27)18-9-7-16(26)12-20(18)28/h6-9,11-14,22H,10H2,1-5H3/t13-,14+/m1/s1. The predicted octanol–water partition coefficient (Wildman–Crippen LogP) is 5.67.